The Balaban J connectivity index is 1.37. The molecule has 2 amide bonds. The van der Waals surface area contributed by atoms with Crippen LogP contribution in [0.3, 0.4) is 0 Å². The number of nitriles is 1. The molecule has 0 aliphatic carbocycles. The minimum Gasteiger partial charge on any atom is -0.350 e. The minimum atomic E-state index is -3.74. The van der Waals surface area contributed by atoms with Gasteiger partial charge in [-0.3, -0.25) is 9.59 Å². The Morgan fingerprint density at radius 2 is 1.78 bits per heavy atom. The molecule has 3 aliphatic rings. The van der Waals surface area contributed by atoms with E-state index in [1.807, 2.05) is 6.92 Å². The number of amides is 2. The maximum Gasteiger partial charge on any atom is 0.282 e. The van der Waals surface area contributed by atoms with Crippen LogP contribution in [0.5, 0.6) is 0 Å². The van der Waals surface area contributed by atoms with Gasteiger partial charge in [-0.15, -0.1) is 0 Å². The standard InChI is InChI=1S/C25H33F2N5O4S/c1-17-9-11-30(37(35,36)31-14-19(12-28)15-31)16-21(17)24(34)32-10-3-4-22(32)23(33)29-13-18-5-7-20(8-6-18)25(2,26)27/h5-8,17,19,21-22H,3-4,9-11,13-16H2,1-2H3,(H,29,33)/t17?,21?,22-/m1/s1. The fraction of sp³-hybridized carbons (Fsp3) is 0.640. The molecule has 3 fully saturated rings. The number of carbonyl (C=O) groups excluding carboxylic acids is 2. The van der Waals surface area contributed by atoms with Gasteiger partial charge in [0.1, 0.15) is 6.04 Å². The lowest BCUT2D eigenvalue weighted by atomic mass is 9.87. The second-order valence-electron chi connectivity index (χ2n) is 10.4. The molecule has 37 heavy (non-hydrogen) atoms. The van der Waals surface area contributed by atoms with Crippen LogP contribution in [0.25, 0.3) is 0 Å². The summed E-state index contributed by atoms with van der Waals surface area (Å²) in [7, 11) is -3.74. The Morgan fingerprint density at radius 1 is 1.11 bits per heavy atom. The summed E-state index contributed by atoms with van der Waals surface area (Å²) in [6.45, 7) is 4.02. The molecular formula is C25H33F2N5O4S. The van der Waals surface area contributed by atoms with Crippen LogP contribution in [0, 0.1) is 29.1 Å². The van der Waals surface area contributed by atoms with E-state index in [9.17, 15) is 26.8 Å². The van der Waals surface area contributed by atoms with Crippen molar-refractivity contribution in [2.24, 2.45) is 17.8 Å². The van der Waals surface area contributed by atoms with Gasteiger partial charge in [-0.2, -0.15) is 22.3 Å². The monoisotopic (exact) mass is 537 g/mol. The van der Waals surface area contributed by atoms with Gasteiger partial charge in [-0.25, -0.2) is 8.78 Å². The quantitative estimate of drug-likeness (QED) is 0.572. The molecule has 0 saturated carbocycles. The third kappa shape index (κ3) is 5.78. The largest absolute Gasteiger partial charge is 0.350 e. The second kappa shape index (κ2) is 10.6. The zero-order valence-corrected chi connectivity index (χ0v) is 21.9. The first-order chi connectivity index (χ1) is 17.4. The van der Waals surface area contributed by atoms with Crippen molar-refractivity contribution in [2.45, 2.75) is 51.6 Å². The van der Waals surface area contributed by atoms with E-state index in [1.165, 1.54) is 20.7 Å². The lowest BCUT2D eigenvalue weighted by Gasteiger charge is -2.42. The van der Waals surface area contributed by atoms with E-state index in [0.29, 0.717) is 37.9 Å². The fourth-order valence-corrected chi connectivity index (χ4v) is 6.93. The molecule has 2 unspecified atom stereocenters. The molecule has 0 aromatic heterocycles. The number of hydrogen-bond acceptors (Lipinski definition) is 5. The van der Waals surface area contributed by atoms with Crippen LogP contribution in [0.2, 0.25) is 0 Å². The molecule has 1 aromatic carbocycles. The molecule has 12 heteroatoms. The molecule has 202 valence electrons. The number of likely N-dealkylation sites (tertiary alicyclic amines) is 1. The average molecular weight is 538 g/mol. The Bertz CT molecular complexity index is 1160. The van der Waals surface area contributed by atoms with Crippen molar-refractivity contribution < 1.29 is 26.8 Å². The molecule has 3 atom stereocenters. The number of alkyl halides is 2. The van der Waals surface area contributed by atoms with E-state index in [4.69, 9.17) is 5.26 Å². The van der Waals surface area contributed by atoms with E-state index >= 15 is 0 Å². The number of hydrogen-bond donors (Lipinski definition) is 1. The highest BCUT2D eigenvalue weighted by atomic mass is 32.2. The van der Waals surface area contributed by atoms with E-state index in [2.05, 4.69) is 11.4 Å². The molecule has 0 bridgehead atoms. The van der Waals surface area contributed by atoms with E-state index in [0.717, 1.165) is 6.92 Å². The minimum absolute atomic E-state index is 0.0401. The van der Waals surface area contributed by atoms with Gasteiger partial charge >= 0.3 is 0 Å². The van der Waals surface area contributed by atoms with E-state index in [1.54, 1.807) is 17.0 Å². The molecule has 3 saturated heterocycles. The fourth-order valence-electron chi connectivity index (χ4n) is 5.18. The predicted octanol–water partition coefficient (Wildman–Crippen LogP) is 2.06. The Kier molecular flexibility index (Phi) is 7.88. The molecule has 4 rings (SSSR count). The van der Waals surface area contributed by atoms with Crippen LogP contribution < -0.4 is 5.32 Å². The van der Waals surface area contributed by atoms with E-state index in [-0.39, 0.29) is 55.4 Å². The number of halogens is 2. The number of piperidine rings is 1. The smallest absolute Gasteiger partial charge is 0.282 e. The van der Waals surface area contributed by atoms with Gasteiger partial charge in [-0.1, -0.05) is 31.2 Å². The van der Waals surface area contributed by atoms with Crippen LogP contribution in [-0.2, 0) is 32.3 Å². The maximum absolute atomic E-state index is 13.6. The zero-order valence-electron chi connectivity index (χ0n) is 21.1. The highest BCUT2D eigenvalue weighted by molar-refractivity contribution is 7.86. The molecule has 1 aromatic rings. The summed E-state index contributed by atoms with van der Waals surface area (Å²) in [4.78, 5) is 28.1. The normalized spacial score (nSPS) is 25.9. The van der Waals surface area contributed by atoms with Crippen molar-refractivity contribution in [1.82, 2.24) is 18.8 Å². The summed E-state index contributed by atoms with van der Waals surface area (Å²) >= 11 is 0. The summed E-state index contributed by atoms with van der Waals surface area (Å²) in [6.07, 6.45) is 1.70. The lowest BCUT2D eigenvalue weighted by Crippen LogP contribution is -2.58. The van der Waals surface area contributed by atoms with Gasteiger partial charge in [0, 0.05) is 51.8 Å². The Morgan fingerprint density at radius 3 is 2.41 bits per heavy atom. The van der Waals surface area contributed by atoms with Crippen LogP contribution in [-0.4, -0.2) is 72.5 Å². The molecule has 9 nitrogen and oxygen atoms in total. The van der Waals surface area contributed by atoms with Crippen molar-refractivity contribution in [3.8, 4) is 6.07 Å². The van der Waals surface area contributed by atoms with Gasteiger partial charge in [0.15, 0.2) is 0 Å². The highest BCUT2D eigenvalue weighted by Gasteiger charge is 2.45. The Hall–Kier alpha value is -2.62. The number of benzene rings is 1. The zero-order chi connectivity index (χ0) is 27.0. The summed E-state index contributed by atoms with van der Waals surface area (Å²) in [5.74, 6) is -4.38. The van der Waals surface area contributed by atoms with Crippen LogP contribution in [0.4, 0.5) is 8.78 Å². The Labute approximate surface area is 216 Å². The second-order valence-corrected chi connectivity index (χ2v) is 12.3. The summed E-state index contributed by atoms with van der Waals surface area (Å²) in [5, 5.41) is 11.8. The van der Waals surface area contributed by atoms with Crippen molar-refractivity contribution in [3.63, 3.8) is 0 Å². The third-order valence-corrected chi connectivity index (χ3v) is 9.62. The topological polar surface area (TPSA) is 114 Å². The molecule has 3 heterocycles. The summed E-state index contributed by atoms with van der Waals surface area (Å²) in [5.41, 5.74) is 0.565. The summed E-state index contributed by atoms with van der Waals surface area (Å²) < 4.78 is 55.5. The molecule has 3 aliphatic heterocycles. The van der Waals surface area contributed by atoms with Crippen LogP contribution in [0.1, 0.15) is 44.2 Å². The molecule has 1 N–H and O–H groups in total. The van der Waals surface area contributed by atoms with Crippen molar-refractivity contribution in [3.05, 3.63) is 35.4 Å². The van der Waals surface area contributed by atoms with E-state index < -0.39 is 28.1 Å². The van der Waals surface area contributed by atoms with Crippen molar-refractivity contribution in [2.75, 3.05) is 32.7 Å². The van der Waals surface area contributed by atoms with Crippen LogP contribution >= 0.6 is 0 Å². The number of nitrogens with zero attached hydrogens (tertiary/aromatic N) is 4. The summed E-state index contributed by atoms with van der Waals surface area (Å²) in [6, 6.07) is 7.16. The van der Waals surface area contributed by atoms with Gasteiger partial charge < -0.3 is 10.2 Å². The average Bonchev–Trinajstić information content (AvgIpc) is 3.31. The first kappa shape index (κ1) is 27.4. The maximum atomic E-state index is 13.6. The predicted molar refractivity (Wildman–Crippen MR) is 131 cm³/mol. The molecular weight excluding hydrogens is 504 g/mol. The molecule has 0 radical (unpaired) electrons. The van der Waals surface area contributed by atoms with Crippen LogP contribution in [0.15, 0.2) is 24.3 Å². The number of rotatable bonds is 7. The van der Waals surface area contributed by atoms with Gasteiger partial charge in [0.25, 0.3) is 16.1 Å². The van der Waals surface area contributed by atoms with Gasteiger partial charge in [0.05, 0.1) is 17.9 Å². The third-order valence-electron chi connectivity index (χ3n) is 7.69. The highest BCUT2D eigenvalue weighted by Crippen LogP contribution is 2.32. The van der Waals surface area contributed by atoms with Crippen molar-refractivity contribution >= 4 is 22.0 Å². The number of carbonyl (C=O) groups is 2. The SMILES string of the molecule is CC1CCN(S(=O)(=O)N2CC(C#N)C2)CC1C(=O)N1CCC[C@@H]1C(=O)NCc1ccc(C(C)(F)F)cc1. The first-order valence-corrected chi connectivity index (χ1v) is 14.0. The van der Waals surface area contributed by atoms with Gasteiger partial charge in [0.2, 0.25) is 11.8 Å². The first-order valence-electron chi connectivity index (χ1n) is 12.6. The van der Waals surface area contributed by atoms with Crippen molar-refractivity contribution in [1.29, 1.82) is 5.26 Å². The van der Waals surface area contributed by atoms with Gasteiger partial charge in [-0.05, 0) is 30.7 Å². The lowest BCUT2D eigenvalue weighted by molar-refractivity contribution is -0.144. The number of nitrogens with one attached hydrogen (secondary N) is 1. The molecule has 0 spiro atoms.